The quantitative estimate of drug-likeness (QED) is 0.716. The molecule has 0 N–H and O–H groups in total. The molecule has 1 unspecified atom stereocenters. The molecule has 1 aliphatic heterocycles. The number of hydrogen-bond acceptors (Lipinski definition) is 3. The lowest BCUT2D eigenvalue weighted by atomic mass is 9.99. The third kappa shape index (κ3) is 3.08. The lowest BCUT2D eigenvalue weighted by molar-refractivity contribution is -0.161. The van der Waals surface area contributed by atoms with Crippen molar-refractivity contribution in [2.75, 3.05) is 0 Å². The number of fused-ring (bicyclic) bond motifs is 1. The molecule has 120 valence electrons. The largest absolute Gasteiger partial charge is 0.439 e. The summed E-state index contributed by atoms with van der Waals surface area (Å²) in [5, 5.41) is 0. The number of ether oxygens (including phenoxy) is 1. The first-order valence-corrected chi connectivity index (χ1v) is 7.77. The molecule has 2 aromatic rings. The summed E-state index contributed by atoms with van der Waals surface area (Å²) in [6.45, 7) is 1.71. The van der Waals surface area contributed by atoms with Gasteiger partial charge in [-0.25, -0.2) is 4.79 Å². The average molecular weight is 338 g/mol. The summed E-state index contributed by atoms with van der Waals surface area (Å²) < 4.78 is 44.9. The van der Waals surface area contributed by atoms with Crippen LogP contribution in [-0.4, -0.2) is 12.1 Å². The number of hydrogen-bond donors (Lipinski definition) is 0. The maximum Gasteiger partial charge on any atom is 0.394 e. The molecule has 6 heteroatoms. The van der Waals surface area contributed by atoms with E-state index in [1.54, 1.807) is 55.5 Å². The molecule has 1 atom stereocenters. The van der Waals surface area contributed by atoms with Gasteiger partial charge in [-0.1, -0.05) is 48.2 Å². The van der Waals surface area contributed by atoms with Crippen molar-refractivity contribution in [2.45, 2.75) is 29.3 Å². The van der Waals surface area contributed by atoms with Crippen molar-refractivity contribution in [2.24, 2.45) is 0 Å². The Morgan fingerprint density at radius 3 is 2.43 bits per heavy atom. The monoisotopic (exact) mass is 338 g/mol. The van der Waals surface area contributed by atoms with Crippen LogP contribution < -0.4 is 0 Å². The molecule has 1 heterocycles. The van der Waals surface area contributed by atoms with Crippen LogP contribution in [0.3, 0.4) is 0 Å². The van der Waals surface area contributed by atoms with E-state index < -0.39 is 23.5 Å². The lowest BCUT2D eigenvalue weighted by Crippen LogP contribution is -2.37. The van der Waals surface area contributed by atoms with E-state index in [0.29, 0.717) is 21.6 Å². The predicted molar refractivity (Wildman–Crippen MR) is 81.2 cm³/mol. The van der Waals surface area contributed by atoms with Crippen LogP contribution >= 0.6 is 11.8 Å². The van der Waals surface area contributed by atoms with E-state index >= 15 is 0 Å². The summed E-state index contributed by atoms with van der Waals surface area (Å²) >= 11 is 0.939. The summed E-state index contributed by atoms with van der Waals surface area (Å²) in [7, 11) is 0. The maximum atomic E-state index is 13.2. The van der Waals surface area contributed by atoms with Gasteiger partial charge in [-0.2, -0.15) is 13.2 Å². The number of alkyl halides is 3. The van der Waals surface area contributed by atoms with Crippen LogP contribution in [0.15, 0.2) is 53.4 Å². The number of rotatable bonds is 2. The number of esters is 1. The second-order valence-electron chi connectivity index (χ2n) is 5.35. The summed E-state index contributed by atoms with van der Waals surface area (Å²) in [6, 6.07) is 13.2. The maximum absolute atomic E-state index is 13.2. The van der Waals surface area contributed by atoms with E-state index in [2.05, 4.69) is 0 Å². The Morgan fingerprint density at radius 1 is 1.09 bits per heavy atom. The molecule has 0 aliphatic carbocycles. The van der Waals surface area contributed by atoms with Gasteiger partial charge in [-0.15, -0.1) is 0 Å². The van der Waals surface area contributed by atoms with E-state index in [4.69, 9.17) is 4.74 Å². The smallest absolute Gasteiger partial charge is 0.394 e. The van der Waals surface area contributed by atoms with Crippen LogP contribution in [0.25, 0.3) is 0 Å². The van der Waals surface area contributed by atoms with Crippen molar-refractivity contribution in [1.82, 2.24) is 0 Å². The average Bonchev–Trinajstić information content (AvgIpc) is 2.46. The normalized spacial score (nSPS) is 20.8. The predicted octanol–water partition coefficient (Wildman–Crippen LogP) is 5.06. The van der Waals surface area contributed by atoms with Crippen molar-refractivity contribution in [3.8, 4) is 0 Å². The second-order valence-corrected chi connectivity index (χ2v) is 6.65. The molecule has 0 saturated heterocycles. The van der Waals surface area contributed by atoms with Gasteiger partial charge in [0.2, 0.25) is 0 Å². The molecule has 0 aromatic heterocycles. The van der Waals surface area contributed by atoms with Crippen LogP contribution in [-0.2, 0) is 9.67 Å². The van der Waals surface area contributed by atoms with Gasteiger partial charge in [-0.05, 0) is 24.6 Å². The minimum Gasteiger partial charge on any atom is -0.439 e. The van der Waals surface area contributed by atoms with E-state index in [9.17, 15) is 18.0 Å². The molecule has 23 heavy (non-hydrogen) atoms. The Morgan fingerprint density at radius 2 is 1.74 bits per heavy atom. The number of thioether (sulfide) groups is 1. The summed E-state index contributed by atoms with van der Waals surface area (Å²) in [6.07, 6.45) is -5.71. The van der Waals surface area contributed by atoms with E-state index in [0.717, 1.165) is 11.8 Å². The van der Waals surface area contributed by atoms with E-state index in [1.807, 2.05) is 0 Å². The fraction of sp³-hybridized carbons (Fsp3) is 0.235. The Kier molecular flexibility index (Phi) is 3.88. The highest BCUT2D eigenvalue weighted by atomic mass is 32.2. The van der Waals surface area contributed by atoms with Gasteiger partial charge in [-0.3, -0.25) is 0 Å². The SMILES string of the molecule is Cc1ccccc1C1(CC(F)(F)F)OC(=O)c2ccccc2S1. The summed E-state index contributed by atoms with van der Waals surface area (Å²) in [5.41, 5.74) is 1.31. The summed E-state index contributed by atoms with van der Waals surface area (Å²) in [4.78, 5) is 11.0. The van der Waals surface area contributed by atoms with Crippen LogP contribution in [0, 0.1) is 6.92 Å². The Bertz CT molecular complexity index is 757. The van der Waals surface area contributed by atoms with Gasteiger partial charge >= 0.3 is 12.1 Å². The molecule has 0 saturated carbocycles. The molecule has 2 nitrogen and oxygen atoms in total. The van der Waals surface area contributed by atoms with Crippen LogP contribution in [0.2, 0.25) is 0 Å². The number of carbonyl (C=O) groups excluding carboxylic acids is 1. The minimum atomic E-state index is -4.47. The molecule has 1 aliphatic rings. The molecule has 0 amide bonds. The molecular formula is C17H13F3O2S. The zero-order valence-corrected chi connectivity index (χ0v) is 13.0. The standard InChI is InChI=1S/C17H13F3O2S/c1-11-6-2-4-8-13(11)16(10-17(18,19)20)22-15(21)12-7-3-5-9-14(12)23-16/h2-9H,10H2,1H3. The topological polar surface area (TPSA) is 26.3 Å². The van der Waals surface area contributed by atoms with Crippen LogP contribution in [0.4, 0.5) is 13.2 Å². The minimum absolute atomic E-state index is 0.295. The van der Waals surface area contributed by atoms with E-state index in [1.165, 1.54) is 0 Å². The molecule has 2 aromatic carbocycles. The fourth-order valence-corrected chi connectivity index (χ4v) is 4.12. The number of cyclic esters (lactones) is 1. The fourth-order valence-electron chi connectivity index (χ4n) is 2.67. The van der Waals surface area contributed by atoms with Crippen molar-refractivity contribution in [1.29, 1.82) is 0 Å². The molecule has 0 fully saturated rings. The number of carbonyl (C=O) groups is 1. The summed E-state index contributed by atoms with van der Waals surface area (Å²) in [5.74, 6) is -0.730. The zero-order chi connectivity index (χ0) is 16.7. The number of aryl methyl sites for hydroxylation is 1. The van der Waals surface area contributed by atoms with E-state index in [-0.39, 0.29) is 0 Å². The third-order valence-electron chi connectivity index (χ3n) is 3.63. The lowest BCUT2D eigenvalue weighted by Gasteiger charge is -2.38. The van der Waals surface area contributed by atoms with Gasteiger partial charge in [0, 0.05) is 10.5 Å². The zero-order valence-electron chi connectivity index (χ0n) is 12.2. The van der Waals surface area contributed by atoms with Crippen LogP contribution in [0.1, 0.15) is 27.9 Å². The molecule has 0 radical (unpaired) electrons. The van der Waals surface area contributed by atoms with Crippen LogP contribution in [0.5, 0.6) is 0 Å². The molecule has 0 spiro atoms. The van der Waals surface area contributed by atoms with Gasteiger partial charge in [0.1, 0.15) is 0 Å². The second kappa shape index (κ2) is 5.60. The third-order valence-corrected chi connectivity index (χ3v) is 4.98. The number of benzene rings is 2. The van der Waals surface area contributed by atoms with Crippen molar-refractivity contribution in [3.63, 3.8) is 0 Å². The first-order chi connectivity index (χ1) is 10.8. The highest BCUT2D eigenvalue weighted by Crippen LogP contribution is 2.53. The molecule has 3 rings (SSSR count). The number of halogens is 3. The molecular weight excluding hydrogens is 325 g/mol. The van der Waals surface area contributed by atoms with Gasteiger partial charge < -0.3 is 4.74 Å². The first kappa shape index (κ1) is 15.9. The Balaban J connectivity index is 2.16. The highest BCUT2D eigenvalue weighted by molar-refractivity contribution is 8.00. The van der Waals surface area contributed by atoms with Gasteiger partial charge in [0.15, 0.2) is 4.93 Å². The first-order valence-electron chi connectivity index (χ1n) is 6.95. The van der Waals surface area contributed by atoms with Crippen molar-refractivity contribution in [3.05, 3.63) is 65.2 Å². The highest BCUT2D eigenvalue weighted by Gasteiger charge is 2.51. The van der Waals surface area contributed by atoms with Crippen molar-refractivity contribution < 1.29 is 22.7 Å². The Hall–Kier alpha value is -1.95. The molecule has 0 bridgehead atoms. The van der Waals surface area contributed by atoms with Gasteiger partial charge in [0.05, 0.1) is 12.0 Å². The van der Waals surface area contributed by atoms with Gasteiger partial charge in [0.25, 0.3) is 0 Å². The van der Waals surface area contributed by atoms with Crippen molar-refractivity contribution >= 4 is 17.7 Å². The Labute approximate surface area is 135 Å².